The first-order chi connectivity index (χ1) is 40.9. The number of phosphoric acid groups is 2. The highest BCUT2D eigenvalue weighted by Gasteiger charge is 2.30. The van der Waals surface area contributed by atoms with E-state index in [1.54, 1.807) is 0 Å². The lowest BCUT2D eigenvalue weighted by molar-refractivity contribution is -0.161. The van der Waals surface area contributed by atoms with Crippen LogP contribution in [0, 0.1) is 11.8 Å². The molecule has 0 aromatic rings. The Morgan fingerprint density at radius 2 is 0.635 bits per heavy atom. The Morgan fingerprint density at radius 3 is 0.965 bits per heavy atom. The van der Waals surface area contributed by atoms with Gasteiger partial charge in [0.15, 0.2) is 12.2 Å². The second kappa shape index (κ2) is 57.9. The van der Waals surface area contributed by atoms with E-state index in [-0.39, 0.29) is 25.7 Å². The number of unbranched alkanes of at least 4 members (excludes halogenated alkanes) is 30. The number of hydrogen-bond donors (Lipinski definition) is 3. The molecule has 0 radical (unpaired) electrons. The summed E-state index contributed by atoms with van der Waals surface area (Å²) >= 11 is 0. The zero-order valence-electron chi connectivity index (χ0n) is 54.4. The summed E-state index contributed by atoms with van der Waals surface area (Å²) in [6.07, 6.45) is 44.2. The van der Waals surface area contributed by atoms with Crippen molar-refractivity contribution in [2.45, 2.75) is 323 Å². The van der Waals surface area contributed by atoms with Crippen molar-refractivity contribution in [1.29, 1.82) is 0 Å². The highest BCUT2D eigenvalue weighted by atomic mass is 31.2. The maximum atomic E-state index is 13.0. The second-order valence-corrected chi connectivity index (χ2v) is 27.0. The van der Waals surface area contributed by atoms with Crippen molar-refractivity contribution in [1.82, 2.24) is 0 Å². The van der Waals surface area contributed by atoms with E-state index in [0.29, 0.717) is 31.6 Å². The Labute approximate surface area is 516 Å². The van der Waals surface area contributed by atoms with Gasteiger partial charge in [-0.2, -0.15) is 0 Å². The minimum Gasteiger partial charge on any atom is -0.462 e. The standard InChI is InChI=1S/C66H124O17P2/c1-7-9-11-13-15-16-17-18-19-20-23-27-31-38-44-50-65(70)82-61(55-77-64(69)49-43-37-30-26-24-21-22-25-29-34-40-46-58(3)4)56-80-84(72,73)78-52-60(67)53-79-85(74,75)81-57-62(54-76-63(68)48-42-36-28-14-12-10-8-2)83-66(71)51-45-39-33-32-35-41-47-59(5)6/h16-19,58-62,67H,7-15,20-57H2,1-6H3,(H,72,73)(H,74,75)/b17-16-,19-18-/t60-,61-,62-/m1/s1. The quantitative estimate of drug-likeness (QED) is 0.0169. The molecular weight excluding hydrogens is 1130 g/mol. The van der Waals surface area contributed by atoms with Gasteiger partial charge in [0.1, 0.15) is 19.3 Å². The van der Waals surface area contributed by atoms with E-state index >= 15 is 0 Å². The summed E-state index contributed by atoms with van der Waals surface area (Å²) in [5, 5.41) is 10.5. The molecule has 0 aliphatic rings. The third-order valence-corrected chi connectivity index (χ3v) is 16.5. The van der Waals surface area contributed by atoms with Gasteiger partial charge in [0.05, 0.1) is 26.4 Å². The van der Waals surface area contributed by atoms with Crippen molar-refractivity contribution in [2.24, 2.45) is 11.8 Å². The first-order valence-corrected chi connectivity index (χ1v) is 36.8. The van der Waals surface area contributed by atoms with E-state index in [4.69, 9.17) is 37.0 Å². The normalized spacial score (nSPS) is 14.4. The lowest BCUT2D eigenvalue weighted by Gasteiger charge is -2.21. The SMILES string of the molecule is CCCCCC/C=C\C=C/CCCCCCCC(=O)O[C@H](COC(=O)CCCCCCCCCCCCCC(C)C)COP(=O)(O)OC[C@@H](O)COP(=O)(O)OC[C@@H](COC(=O)CCCCCCCCC)OC(=O)CCCCCCCCC(C)C. The van der Waals surface area contributed by atoms with Gasteiger partial charge in [-0.1, -0.05) is 252 Å². The number of allylic oxidation sites excluding steroid dienone is 4. The summed E-state index contributed by atoms with van der Waals surface area (Å²) < 4.78 is 67.9. The highest BCUT2D eigenvalue weighted by Crippen LogP contribution is 2.45. The Balaban J connectivity index is 5.25. The molecule has 5 atom stereocenters. The zero-order chi connectivity index (χ0) is 62.9. The molecule has 85 heavy (non-hydrogen) atoms. The minimum absolute atomic E-state index is 0.0845. The Morgan fingerprint density at radius 1 is 0.365 bits per heavy atom. The molecule has 2 unspecified atom stereocenters. The van der Waals surface area contributed by atoms with E-state index in [1.807, 2.05) is 0 Å². The monoisotopic (exact) mass is 1250 g/mol. The van der Waals surface area contributed by atoms with Crippen LogP contribution in [-0.4, -0.2) is 96.7 Å². The van der Waals surface area contributed by atoms with Crippen LogP contribution in [0.2, 0.25) is 0 Å². The van der Waals surface area contributed by atoms with Crippen LogP contribution in [-0.2, 0) is 65.4 Å². The summed E-state index contributed by atoms with van der Waals surface area (Å²) in [7, 11) is -9.90. The van der Waals surface area contributed by atoms with Gasteiger partial charge < -0.3 is 33.8 Å². The number of hydrogen-bond acceptors (Lipinski definition) is 15. The summed E-state index contributed by atoms with van der Waals surface area (Å²) in [4.78, 5) is 72.1. The first-order valence-electron chi connectivity index (χ1n) is 33.8. The maximum Gasteiger partial charge on any atom is 0.472 e. The average molecular weight is 1250 g/mol. The van der Waals surface area contributed by atoms with Crippen LogP contribution < -0.4 is 0 Å². The fraction of sp³-hybridized carbons (Fsp3) is 0.879. The van der Waals surface area contributed by atoms with Crippen molar-refractivity contribution in [3.8, 4) is 0 Å². The van der Waals surface area contributed by atoms with Crippen LogP contribution >= 0.6 is 15.6 Å². The molecule has 0 spiro atoms. The van der Waals surface area contributed by atoms with Gasteiger partial charge in [-0.15, -0.1) is 0 Å². The third-order valence-electron chi connectivity index (χ3n) is 14.6. The van der Waals surface area contributed by atoms with E-state index < -0.39 is 97.5 Å². The topological polar surface area (TPSA) is 237 Å². The molecule has 0 saturated carbocycles. The Kier molecular flexibility index (Phi) is 56.3. The van der Waals surface area contributed by atoms with Gasteiger partial charge in [0.25, 0.3) is 0 Å². The largest absolute Gasteiger partial charge is 0.472 e. The fourth-order valence-corrected chi connectivity index (χ4v) is 10.9. The molecule has 0 amide bonds. The molecule has 3 N–H and O–H groups in total. The average Bonchev–Trinajstić information content (AvgIpc) is 3.64. The van der Waals surface area contributed by atoms with Crippen LogP contribution in [0.4, 0.5) is 0 Å². The number of carbonyl (C=O) groups is 4. The Hall–Kier alpha value is -2.46. The van der Waals surface area contributed by atoms with Crippen molar-refractivity contribution in [3.05, 3.63) is 24.3 Å². The van der Waals surface area contributed by atoms with Crippen LogP contribution in [0.1, 0.15) is 305 Å². The maximum absolute atomic E-state index is 13.0. The molecule has 0 saturated heterocycles. The molecule has 17 nitrogen and oxygen atoms in total. The Bertz CT molecular complexity index is 1760. The molecule has 0 heterocycles. The van der Waals surface area contributed by atoms with Gasteiger partial charge in [-0.3, -0.25) is 37.3 Å². The van der Waals surface area contributed by atoms with Gasteiger partial charge in [0, 0.05) is 25.7 Å². The van der Waals surface area contributed by atoms with Crippen LogP contribution in [0.3, 0.4) is 0 Å². The molecule has 0 rings (SSSR count). The number of aliphatic hydroxyl groups is 1. The van der Waals surface area contributed by atoms with Gasteiger partial charge in [-0.05, 0) is 63.2 Å². The van der Waals surface area contributed by atoms with Crippen LogP contribution in [0.25, 0.3) is 0 Å². The second-order valence-electron chi connectivity index (χ2n) is 24.1. The van der Waals surface area contributed by atoms with E-state index in [2.05, 4.69) is 65.8 Å². The van der Waals surface area contributed by atoms with Crippen molar-refractivity contribution in [3.63, 3.8) is 0 Å². The van der Waals surface area contributed by atoms with Gasteiger partial charge >= 0.3 is 39.5 Å². The van der Waals surface area contributed by atoms with Crippen LogP contribution in [0.5, 0.6) is 0 Å². The molecule has 0 aliphatic heterocycles. The van der Waals surface area contributed by atoms with Crippen molar-refractivity contribution in [2.75, 3.05) is 39.6 Å². The predicted octanol–water partition coefficient (Wildman–Crippen LogP) is 18.0. The minimum atomic E-state index is -4.96. The van der Waals surface area contributed by atoms with Crippen molar-refractivity contribution < 1.29 is 80.2 Å². The number of esters is 4. The lowest BCUT2D eigenvalue weighted by Crippen LogP contribution is -2.30. The fourth-order valence-electron chi connectivity index (χ4n) is 9.34. The highest BCUT2D eigenvalue weighted by molar-refractivity contribution is 7.47. The molecular formula is C66H124O17P2. The predicted molar refractivity (Wildman–Crippen MR) is 340 cm³/mol. The van der Waals surface area contributed by atoms with Crippen molar-refractivity contribution >= 4 is 39.5 Å². The number of ether oxygens (including phenoxy) is 4. The van der Waals surface area contributed by atoms with E-state index in [9.17, 15) is 43.2 Å². The molecule has 0 fully saturated rings. The molecule has 0 aliphatic carbocycles. The molecule has 0 aromatic heterocycles. The number of carbonyl (C=O) groups excluding carboxylic acids is 4. The summed E-state index contributed by atoms with van der Waals surface area (Å²) in [5.41, 5.74) is 0. The lowest BCUT2D eigenvalue weighted by atomic mass is 10.0. The van der Waals surface area contributed by atoms with E-state index in [0.717, 1.165) is 121 Å². The molecule has 0 bridgehead atoms. The van der Waals surface area contributed by atoms with Gasteiger partial charge in [-0.25, -0.2) is 9.13 Å². The summed E-state index contributed by atoms with van der Waals surface area (Å²) in [6.45, 7) is 9.31. The summed E-state index contributed by atoms with van der Waals surface area (Å²) in [5.74, 6) is -0.733. The summed E-state index contributed by atoms with van der Waals surface area (Å²) in [6, 6.07) is 0. The molecule has 500 valence electrons. The smallest absolute Gasteiger partial charge is 0.462 e. The third kappa shape index (κ3) is 60.2. The molecule has 19 heteroatoms. The first kappa shape index (κ1) is 82.5. The number of phosphoric ester groups is 2. The van der Waals surface area contributed by atoms with Crippen LogP contribution in [0.15, 0.2) is 24.3 Å². The van der Waals surface area contributed by atoms with E-state index in [1.165, 1.54) is 96.3 Å². The number of rotatable bonds is 63. The zero-order valence-corrected chi connectivity index (χ0v) is 56.2. The molecule has 0 aromatic carbocycles. The van der Waals surface area contributed by atoms with Gasteiger partial charge in [0.2, 0.25) is 0 Å². The number of aliphatic hydroxyl groups excluding tert-OH is 1.